The molecule has 2 rings (SSSR count). The van der Waals surface area contributed by atoms with Crippen molar-refractivity contribution in [1.29, 1.82) is 0 Å². The Bertz CT molecular complexity index is 609. The lowest BCUT2D eigenvalue weighted by atomic mass is 10.4. The maximum absolute atomic E-state index is 10.8. The lowest BCUT2D eigenvalue weighted by molar-refractivity contribution is 0.169. The summed E-state index contributed by atoms with van der Waals surface area (Å²) in [5, 5.41) is 9.57. The lowest BCUT2D eigenvalue weighted by Crippen LogP contribution is -2.20. The highest BCUT2D eigenvalue weighted by molar-refractivity contribution is 7.51. The van der Waals surface area contributed by atoms with Gasteiger partial charge in [-0.3, -0.25) is 4.57 Å². The molecule has 98 valence electrons. The third kappa shape index (κ3) is 2.82. The smallest absolute Gasteiger partial charge is 0.328 e. The molecule has 2 heterocycles. The Labute approximate surface area is 101 Å². The third-order valence-corrected chi connectivity index (χ3v) is 3.18. The Morgan fingerprint density at radius 3 is 2.78 bits per heavy atom. The van der Waals surface area contributed by atoms with Crippen LogP contribution in [0.25, 0.3) is 11.2 Å². The number of hydrogen-bond donors (Lipinski definition) is 4. The van der Waals surface area contributed by atoms with Crippen molar-refractivity contribution >= 4 is 24.6 Å². The first-order valence-electron chi connectivity index (χ1n) is 5.01. The lowest BCUT2D eigenvalue weighted by Gasteiger charge is -2.12. The molecule has 5 N–H and O–H groups in total. The first kappa shape index (κ1) is 12.9. The molecule has 1 atom stereocenters. The van der Waals surface area contributed by atoms with Gasteiger partial charge in [0.25, 0.3) is 0 Å². The van der Waals surface area contributed by atoms with Crippen LogP contribution in [0.3, 0.4) is 0 Å². The summed E-state index contributed by atoms with van der Waals surface area (Å²) in [6.45, 7) is -0.0297. The van der Waals surface area contributed by atoms with Gasteiger partial charge in [0.15, 0.2) is 11.5 Å². The fraction of sp³-hybridized carbons (Fsp3) is 0.375. The molecular formula is C8H12N5O4P. The van der Waals surface area contributed by atoms with Crippen LogP contribution in [-0.4, -0.2) is 46.7 Å². The summed E-state index contributed by atoms with van der Waals surface area (Å²) in [6.07, 6.45) is 0.830. The molecule has 0 unspecified atom stereocenters. The normalized spacial score (nSPS) is 13.9. The van der Waals surface area contributed by atoms with Gasteiger partial charge in [0.1, 0.15) is 11.8 Å². The zero-order valence-electron chi connectivity index (χ0n) is 9.21. The second kappa shape index (κ2) is 4.62. The molecule has 0 fully saturated rings. The zero-order chi connectivity index (χ0) is 13.3. The molecule has 9 nitrogen and oxygen atoms in total. The minimum Gasteiger partial charge on any atom is -0.391 e. The Hall–Kier alpha value is -1.54. The summed E-state index contributed by atoms with van der Waals surface area (Å²) in [4.78, 5) is 29.2. The van der Waals surface area contributed by atoms with Crippen molar-refractivity contribution in [1.82, 2.24) is 19.5 Å². The Balaban J connectivity index is 2.22. The molecule has 0 aliphatic rings. The van der Waals surface area contributed by atoms with E-state index in [0.29, 0.717) is 11.2 Å². The van der Waals surface area contributed by atoms with Gasteiger partial charge in [-0.2, -0.15) is 0 Å². The van der Waals surface area contributed by atoms with Crippen LogP contribution in [0.5, 0.6) is 0 Å². The average Bonchev–Trinajstić information content (AvgIpc) is 2.60. The van der Waals surface area contributed by atoms with E-state index in [0.717, 1.165) is 0 Å². The van der Waals surface area contributed by atoms with Crippen molar-refractivity contribution in [3.05, 3.63) is 12.7 Å². The molecule has 10 heteroatoms. The largest absolute Gasteiger partial charge is 0.391 e. The van der Waals surface area contributed by atoms with Crippen LogP contribution in [0.1, 0.15) is 0 Å². The van der Waals surface area contributed by atoms with E-state index in [1.54, 1.807) is 0 Å². The summed E-state index contributed by atoms with van der Waals surface area (Å²) in [5.41, 5.74) is 6.39. The van der Waals surface area contributed by atoms with Crippen LogP contribution in [-0.2, 0) is 11.1 Å². The number of nitrogen functional groups attached to an aromatic ring is 1. The number of aliphatic hydroxyl groups excluding tert-OH is 1. The summed E-state index contributed by atoms with van der Waals surface area (Å²) in [6, 6.07) is 0. The van der Waals surface area contributed by atoms with Crippen molar-refractivity contribution in [2.75, 3.05) is 11.9 Å². The number of nitrogens with zero attached hydrogens (tertiary/aromatic N) is 4. The molecule has 0 aliphatic heterocycles. The third-order valence-electron chi connectivity index (χ3n) is 2.29. The highest BCUT2D eigenvalue weighted by Gasteiger charge is 2.21. The van der Waals surface area contributed by atoms with E-state index in [9.17, 15) is 9.67 Å². The predicted molar refractivity (Wildman–Crippen MR) is 62.7 cm³/mol. The van der Waals surface area contributed by atoms with Crippen molar-refractivity contribution in [2.24, 2.45) is 0 Å². The molecule has 2 aromatic rings. The molecule has 0 saturated heterocycles. The van der Waals surface area contributed by atoms with Gasteiger partial charge in [0, 0.05) is 0 Å². The van der Waals surface area contributed by atoms with Crippen LogP contribution < -0.4 is 5.73 Å². The Morgan fingerprint density at radius 2 is 2.11 bits per heavy atom. The van der Waals surface area contributed by atoms with Crippen LogP contribution in [0.2, 0.25) is 0 Å². The van der Waals surface area contributed by atoms with Crippen LogP contribution in [0.4, 0.5) is 5.82 Å². The molecule has 0 spiro atoms. The van der Waals surface area contributed by atoms with E-state index >= 15 is 0 Å². The molecule has 0 amide bonds. The molecule has 2 aromatic heterocycles. The van der Waals surface area contributed by atoms with E-state index in [2.05, 4.69) is 15.0 Å². The summed E-state index contributed by atoms with van der Waals surface area (Å²) in [5.74, 6) is 0.211. The monoisotopic (exact) mass is 273 g/mol. The fourth-order valence-corrected chi connectivity index (χ4v) is 2.26. The minimum absolute atomic E-state index is 0.0297. The number of fused-ring (bicyclic) bond motifs is 1. The summed E-state index contributed by atoms with van der Waals surface area (Å²) >= 11 is 0. The minimum atomic E-state index is -4.25. The number of anilines is 1. The van der Waals surface area contributed by atoms with E-state index in [1.165, 1.54) is 17.2 Å². The number of hydrogen-bond acceptors (Lipinski definition) is 6. The second-order valence-electron chi connectivity index (χ2n) is 3.83. The van der Waals surface area contributed by atoms with Crippen molar-refractivity contribution in [2.45, 2.75) is 12.6 Å². The Kier molecular flexibility index (Phi) is 3.31. The van der Waals surface area contributed by atoms with Gasteiger partial charge in [-0.05, 0) is 0 Å². The molecule has 0 bridgehead atoms. The van der Waals surface area contributed by atoms with Crippen molar-refractivity contribution in [3.63, 3.8) is 0 Å². The van der Waals surface area contributed by atoms with Gasteiger partial charge in [-0.15, -0.1) is 0 Å². The average molecular weight is 273 g/mol. The predicted octanol–water partition coefficient (Wildman–Crippen LogP) is -1.05. The van der Waals surface area contributed by atoms with Gasteiger partial charge in [0.2, 0.25) is 0 Å². The SMILES string of the molecule is Nc1ncnc2c1ncn2C[C@H](O)CP(=O)(O)O. The van der Waals surface area contributed by atoms with Crippen LogP contribution in [0, 0.1) is 0 Å². The van der Waals surface area contributed by atoms with E-state index < -0.39 is 19.9 Å². The topological polar surface area (TPSA) is 147 Å². The maximum Gasteiger partial charge on any atom is 0.328 e. The van der Waals surface area contributed by atoms with Crippen molar-refractivity contribution in [3.8, 4) is 0 Å². The number of imidazole rings is 1. The van der Waals surface area contributed by atoms with Crippen LogP contribution in [0.15, 0.2) is 12.7 Å². The van der Waals surface area contributed by atoms with Gasteiger partial charge >= 0.3 is 7.60 Å². The number of aliphatic hydroxyl groups is 1. The van der Waals surface area contributed by atoms with E-state index in [-0.39, 0.29) is 12.4 Å². The molecule has 0 saturated carbocycles. The summed E-state index contributed by atoms with van der Waals surface area (Å²) < 4.78 is 12.2. The molecule has 0 aliphatic carbocycles. The standard InChI is InChI=1S/C8H12N5O4P/c9-7-6-8(11-3-10-7)13(4-12-6)1-5(14)2-18(15,16)17/h3-5,14H,1-2H2,(H2,9,10,11)(H2,15,16,17)/t5-/m0/s1. The van der Waals surface area contributed by atoms with E-state index in [4.69, 9.17) is 15.5 Å². The molecule has 0 aromatic carbocycles. The maximum atomic E-state index is 10.8. The number of nitrogens with two attached hydrogens (primary N) is 1. The van der Waals surface area contributed by atoms with Gasteiger partial charge in [0.05, 0.1) is 25.1 Å². The highest BCUT2D eigenvalue weighted by atomic mass is 31.2. The first-order valence-corrected chi connectivity index (χ1v) is 6.80. The highest BCUT2D eigenvalue weighted by Crippen LogP contribution is 2.35. The number of rotatable bonds is 4. The molecule has 0 radical (unpaired) electrons. The first-order chi connectivity index (χ1) is 8.37. The van der Waals surface area contributed by atoms with E-state index in [1.807, 2.05) is 0 Å². The quantitative estimate of drug-likeness (QED) is 0.515. The van der Waals surface area contributed by atoms with Gasteiger partial charge in [-0.1, -0.05) is 0 Å². The zero-order valence-corrected chi connectivity index (χ0v) is 10.1. The molecular weight excluding hydrogens is 261 g/mol. The number of aromatic nitrogens is 4. The van der Waals surface area contributed by atoms with Crippen LogP contribution >= 0.6 is 7.60 Å². The second-order valence-corrected chi connectivity index (χ2v) is 5.52. The Morgan fingerprint density at radius 1 is 1.39 bits per heavy atom. The fourth-order valence-electron chi connectivity index (χ4n) is 1.59. The summed E-state index contributed by atoms with van der Waals surface area (Å²) in [7, 11) is -4.25. The van der Waals surface area contributed by atoms with Gasteiger partial charge in [-0.25, -0.2) is 15.0 Å². The van der Waals surface area contributed by atoms with Crippen molar-refractivity contribution < 1.29 is 19.5 Å². The molecule has 18 heavy (non-hydrogen) atoms. The van der Waals surface area contributed by atoms with Gasteiger partial charge < -0.3 is 25.2 Å².